The molecule has 0 unspecified atom stereocenters. The Bertz CT molecular complexity index is 387. The lowest BCUT2D eigenvalue weighted by Crippen LogP contribution is -2.42. The van der Waals surface area contributed by atoms with Crippen molar-refractivity contribution in [2.24, 2.45) is 5.92 Å². The van der Waals surface area contributed by atoms with Crippen LogP contribution in [0.5, 0.6) is 0 Å². The molecule has 1 aromatic carbocycles. The normalized spacial score (nSPS) is 18.4. The molecule has 4 heteroatoms. The predicted octanol–water partition coefficient (Wildman–Crippen LogP) is 3.10. The van der Waals surface area contributed by atoms with Crippen molar-refractivity contribution in [2.45, 2.75) is 25.7 Å². The van der Waals surface area contributed by atoms with Crippen LogP contribution in [0.15, 0.2) is 30.3 Å². The number of halogens is 2. The van der Waals surface area contributed by atoms with E-state index in [0.717, 1.165) is 39.0 Å². The average Bonchev–Trinajstić information content (AvgIpc) is 2.47. The van der Waals surface area contributed by atoms with E-state index in [2.05, 4.69) is 12.2 Å². The fourth-order valence-electron chi connectivity index (χ4n) is 2.75. The van der Waals surface area contributed by atoms with Crippen molar-refractivity contribution < 1.29 is 8.78 Å². The van der Waals surface area contributed by atoms with Gasteiger partial charge in [0.15, 0.2) is 0 Å². The van der Waals surface area contributed by atoms with Crippen molar-refractivity contribution in [3.05, 3.63) is 35.9 Å². The molecule has 0 spiro atoms. The highest BCUT2D eigenvalue weighted by Gasteiger charge is 2.34. The minimum atomic E-state index is -2.75. The minimum absolute atomic E-state index is 0.120. The van der Waals surface area contributed by atoms with Gasteiger partial charge in [0.25, 0.3) is 5.92 Å². The predicted molar refractivity (Wildman–Crippen MR) is 78.0 cm³/mol. The number of nitrogens with zero attached hydrogens (tertiary/aromatic N) is 1. The summed E-state index contributed by atoms with van der Waals surface area (Å²) in [6.07, 6.45) is 2.02. The minimum Gasteiger partial charge on any atom is -0.317 e. The second-order valence-electron chi connectivity index (χ2n) is 5.60. The van der Waals surface area contributed by atoms with E-state index in [9.17, 15) is 8.78 Å². The zero-order valence-electron chi connectivity index (χ0n) is 12.1. The molecule has 112 valence electrons. The molecular weight excluding hydrogens is 258 g/mol. The van der Waals surface area contributed by atoms with E-state index in [4.69, 9.17) is 0 Å². The van der Waals surface area contributed by atoms with Gasteiger partial charge in [0.1, 0.15) is 0 Å². The van der Waals surface area contributed by atoms with Gasteiger partial charge in [-0.25, -0.2) is 0 Å². The molecule has 1 aliphatic heterocycles. The topological polar surface area (TPSA) is 15.3 Å². The van der Waals surface area contributed by atoms with Gasteiger partial charge in [0.05, 0.1) is 6.54 Å². The summed E-state index contributed by atoms with van der Waals surface area (Å²) < 4.78 is 28.4. The first-order chi connectivity index (χ1) is 9.62. The number of benzene rings is 1. The van der Waals surface area contributed by atoms with Crippen molar-refractivity contribution in [3.63, 3.8) is 0 Å². The fourth-order valence-corrected chi connectivity index (χ4v) is 2.75. The van der Waals surface area contributed by atoms with Crippen LogP contribution in [-0.4, -0.2) is 37.6 Å². The summed E-state index contributed by atoms with van der Waals surface area (Å²) in [6, 6.07) is 8.14. The molecule has 0 aliphatic carbocycles. The maximum Gasteiger partial charge on any atom is 0.285 e. The molecule has 1 fully saturated rings. The van der Waals surface area contributed by atoms with Gasteiger partial charge < -0.3 is 5.32 Å². The number of rotatable bonds is 6. The highest BCUT2D eigenvalue weighted by atomic mass is 19.3. The van der Waals surface area contributed by atoms with E-state index in [0.29, 0.717) is 5.92 Å². The van der Waals surface area contributed by atoms with E-state index >= 15 is 0 Å². The number of hydrogen-bond donors (Lipinski definition) is 1. The van der Waals surface area contributed by atoms with E-state index < -0.39 is 5.92 Å². The molecule has 0 aromatic heterocycles. The third-order valence-electron chi connectivity index (χ3n) is 4.01. The monoisotopic (exact) mass is 282 g/mol. The molecule has 2 nitrogen and oxygen atoms in total. The van der Waals surface area contributed by atoms with Crippen LogP contribution >= 0.6 is 0 Å². The van der Waals surface area contributed by atoms with Crippen LogP contribution in [0.2, 0.25) is 0 Å². The molecule has 20 heavy (non-hydrogen) atoms. The van der Waals surface area contributed by atoms with Crippen LogP contribution < -0.4 is 5.32 Å². The summed E-state index contributed by atoms with van der Waals surface area (Å²) >= 11 is 0. The SMILES string of the molecule is CCNCC1CCN(CC(F)(F)c2ccccc2)CC1. The van der Waals surface area contributed by atoms with Crippen molar-refractivity contribution in [2.75, 3.05) is 32.7 Å². The summed E-state index contributed by atoms with van der Waals surface area (Å²) in [6.45, 7) is 5.48. The summed E-state index contributed by atoms with van der Waals surface area (Å²) in [7, 11) is 0. The Kier molecular flexibility index (Phi) is 5.49. The second-order valence-corrected chi connectivity index (χ2v) is 5.60. The zero-order chi connectivity index (χ0) is 14.4. The molecule has 2 rings (SSSR count). The first-order valence-electron chi connectivity index (χ1n) is 7.48. The van der Waals surface area contributed by atoms with E-state index in [1.54, 1.807) is 18.2 Å². The standard InChI is InChI=1S/C16H24F2N2/c1-2-19-12-14-8-10-20(11-9-14)13-16(17,18)15-6-4-3-5-7-15/h3-7,14,19H,2,8-13H2,1H3. The van der Waals surface area contributed by atoms with E-state index in [1.165, 1.54) is 12.1 Å². The van der Waals surface area contributed by atoms with Crippen LogP contribution in [0.4, 0.5) is 8.78 Å². The van der Waals surface area contributed by atoms with Crippen molar-refractivity contribution in [1.82, 2.24) is 10.2 Å². The number of alkyl halides is 2. The Morgan fingerprint density at radius 3 is 2.45 bits per heavy atom. The number of likely N-dealkylation sites (tertiary alicyclic amines) is 1. The van der Waals surface area contributed by atoms with Crippen molar-refractivity contribution in [3.8, 4) is 0 Å². The maximum absolute atomic E-state index is 14.2. The van der Waals surface area contributed by atoms with E-state index in [-0.39, 0.29) is 12.1 Å². The van der Waals surface area contributed by atoms with Gasteiger partial charge in [-0.15, -0.1) is 0 Å². The third-order valence-corrected chi connectivity index (χ3v) is 4.01. The Hall–Kier alpha value is -1.00. The van der Waals surface area contributed by atoms with Crippen molar-refractivity contribution >= 4 is 0 Å². The lowest BCUT2D eigenvalue weighted by Gasteiger charge is -2.34. The van der Waals surface area contributed by atoms with Crippen molar-refractivity contribution in [1.29, 1.82) is 0 Å². The molecule has 1 heterocycles. The lowest BCUT2D eigenvalue weighted by atomic mass is 9.96. The van der Waals surface area contributed by atoms with Gasteiger partial charge in [0.2, 0.25) is 0 Å². The Labute approximate surface area is 120 Å². The quantitative estimate of drug-likeness (QED) is 0.862. The first-order valence-corrected chi connectivity index (χ1v) is 7.48. The maximum atomic E-state index is 14.2. The van der Waals surface area contributed by atoms with Gasteiger partial charge in [0, 0.05) is 5.56 Å². The molecule has 0 radical (unpaired) electrons. The Morgan fingerprint density at radius 2 is 1.85 bits per heavy atom. The van der Waals surface area contributed by atoms with Gasteiger partial charge in [-0.05, 0) is 44.9 Å². The Balaban J connectivity index is 1.83. The molecule has 1 aromatic rings. The number of hydrogen-bond acceptors (Lipinski definition) is 2. The number of piperidine rings is 1. The fraction of sp³-hybridized carbons (Fsp3) is 0.625. The zero-order valence-corrected chi connectivity index (χ0v) is 12.1. The summed E-state index contributed by atoms with van der Waals surface area (Å²) in [5.41, 5.74) is 0.120. The summed E-state index contributed by atoms with van der Waals surface area (Å²) in [4.78, 5) is 1.90. The average molecular weight is 282 g/mol. The van der Waals surface area contributed by atoms with Crippen LogP contribution in [0.1, 0.15) is 25.3 Å². The second kappa shape index (κ2) is 7.14. The number of nitrogens with one attached hydrogen (secondary N) is 1. The van der Waals surface area contributed by atoms with Gasteiger partial charge in [-0.2, -0.15) is 8.78 Å². The molecule has 1 aliphatic rings. The highest BCUT2D eigenvalue weighted by molar-refractivity contribution is 5.20. The van der Waals surface area contributed by atoms with Gasteiger partial charge in [-0.3, -0.25) is 4.90 Å². The highest BCUT2D eigenvalue weighted by Crippen LogP contribution is 2.30. The Morgan fingerprint density at radius 1 is 1.20 bits per heavy atom. The molecule has 1 N–H and O–H groups in total. The largest absolute Gasteiger partial charge is 0.317 e. The molecular formula is C16H24F2N2. The van der Waals surface area contributed by atoms with Gasteiger partial charge in [-0.1, -0.05) is 37.3 Å². The van der Waals surface area contributed by atoms with Crippen LogP contribution in [0.3, 0.4) is 0 Å². The molecule has 1 saturated heterocycles. The summed E-state index contributed by atoms with van der Waals surface area (Å²) in [5, 5.41) is 3.34. The molecule has 0 saturated carbocycles. The molecule has 0 atom stereocenters. The van der Waals surface area contributed by atoms with Gasteiger partial charge >= 0.3 is 0 Å². The lowest BCUT2D eigenvalue weighted by molar-refractivity contribution is -0.0444. The molecule has 0 bridgehead atoms. The smallest absolute Gasteiger partial charge is 0.285 e. The third kappa shape index (κ3) is 4.25. The van der Waals surface area contributed by atoms with Crippen LogP contribution in [0.25, 0.3) is 0 Å². The summed E-state index contributed by atoms with van der Waals surface area (Å²) in [5.74, 6) is -2.12. The molecule has 0 amide bonds. The first kappa shape index (κ1) is 15.4. The van der Waals surface area contributed by atoms with Crippen LogP contribution in [-0.2, 0) is 5.92 Å². The van der Waals surface area contributed by atoms with E-state index in [1.807, 2.05) is 4.90 Å². The van der Waals surface area contributed by atoms with Crippen LogP contribution in [0, 0.1) is 5.92 Å².